The van der Waals surface area contributed by atoms with Crippen LogP contribution in [0.2, 0.25) is 0 Å². The highest BCUT2D eigenvalue weighted by Gasteiger charge is 2.35. The second kappa shape index (κ2) is 9.00. The van der Waals surface area contributed by atoms with Crippen molar-refractivity contribution in [3.8, 4) is 5.75 Å². The fraction of sp³-hybridized carbons (Fsp3) is 0.480. The van der Waals surface area contributed by atoms with Crippen molar-refractivity contribution in [1.29, 1.82) is 0 Å². The Balaban J connectivity index is 2.01. The quantitative estimate of drug-likeness (QED) is 0.604. The van der Waals surface area contributed by atoms with E-state index in [1.807, 2.05) is 18.2 Å². The van der Waals surface area contributed by atoms with E-state index in [1.165, 1.54) is 11.1 Å². The lowest BCUT2D eigenvalue weighted by Crippen LogP contribution is -2.47. The summed E-state index contributed by atoms with van der Waals surface area (Å²) in [7, 11) is 0. The minimum Gasteiger partial charge on any atom is -0.488 e. The van der Waals surface area contributed by atoms with Gasteiger partial charge in [-0.3, -0.25) is 4.79 Å². The monoisotopic (exact) mass is 395 g/mol. The smallest absolute Gasteiger partial charge is 0.209 e. The lowest BCUT2D eigenvalue weighted by Gasteiger charge is -2.40. The average Bonchev–Trinajstić information content (AvgIpc) is 2.72. The maximum Gasteiger partial charge on any atom is 0.209 e. The first-order chi connectivity index (χ1) is 13.8. The summed E-state index contributed by atoms with van der Waals surface area (Å²) >= 11 is 0. The van der Waals surface area contributed by atoms with Gasteiger partial charge in [0.1, 0.15) is 18.0 Å². The second-order valence-electron chi connectivity index (χ2n) is 8.72. The molecule has 3 rings (SSSR count). The number of carbonyl (C=O) groups excluding carboxylic acids is 1. The number of ether oxygens (including phenoxy) is 2. The van der Waals surface area contributed by atoms with Gasteiger partial charge in [-0.25, -0.2) is 0 Å². The molecule has 0 spiro atoms. The largest absolute Gasteiger partial charge is 0.488 e. The fourth-order valence-electron chi connectivity index (χ4n) is 3.90. The Bertz CT molecular complexity index is 802. The first-order valence-corrected chi connectivity index (χ1v) is 10.5. The highest BCUT2D eigenvalue weighted by molar-refractivity contribution is 5.51. The first kappa shape index (κ1) is 21.4. The predicted octanol–water partition coefficient (Wildman–Crippen LogP) is 5.22. The summed E-state index contributed by atoms with van der Waals surface area (Å²) in [5.41, 5.74) is 4.14. The molecule has 0 aliphatic carbocycles. The molecule has 4 nitrogen and oxygen atoms in total. The van der Waals surface area contributed by atoms with E-state index in [9.17, 15) is 4.79 Å². The topological polar surface area (TPSA) is 38.8 Å². The zero-order valence-electron chi connectivity index (χ0n) is 18.3. The van der Waals surface area contributed by atoms with Crippen LogP contribution in [0.25, 0.3) is 0 Å². The van der Waals surface area contributed by atoms with Crippen molar-refractivity contribution in [3.63, 3.8) is 0 Å². The first-order valence-electron chi connectivity index (χ1n) is 10.5. The van der Waals surface area contributed by atoms with Crippen LogP contribution in [-0.4, -0.2) is 31.0 Å². The molecule has 29 heavy (non-hydrogen) atoms. The Morgan fingerprint density at radius 3 is 2.28 bits per heavy atom. The van der Waals surface area contributed by atoms with Gasteiger partial charge in [-0.2, -0.15) is 0 Å². The molecule has 0 unspecified atom stereocenters. The molecule has 1 saturated heterocycles. The van der Waals surface area contributed by atoms with Crippen molar-refractivity contribution < 1.29 is 14.3 Å². The summed E-state index contributed by atoms with van der Waals surface area (Å²) in [5.74, 6) is 1.61. The van der Waals surface area contributed by atoms with Gasteiger partial charge in [0.15, 0.2) is 0 Å². The maximum atomic E-state index is 11.4. The van der Waals surface area contributed by atoms with E-state index in [0.29, 0.717) is 38.1 Å². The molecule has 1 atom stereocenters. The van der Waals surface area contributed by atoms with Crippen molar-refractivity contribution in [3.05, 3.63) is 64.7 Å². The zero-order chi connectivity index (χ0) is 21.0. The van der Waals surface area contributed by atoms with Gasteiger partial charge in [0.05, 0.1) is 13.2 Å². The van der Waals surface area contributed by atoms with E-state index >= 15 is 0 Å². The Morgan fingerprint density at radius 2 is 1.72 bits per heavy atom. The second-order valence-corrected chi connectivity index (χ2v) is 8.72. The van der Waals surface area contributed by atoms with Crippen molar-refractivity contribution >= 4 is 6.41 Å². The van der Waals surface area contributed by atoms with Crippen LogP contribution < -0.4 is 4.74 Å². The van der Waals surface area contributed by atoms with Crippen LogP contribution in [-0.2, 0) is 21.7 Å². The van der Waals surface area contributed by atoms with Crippen molar-refractivity contribution in [2.45, 2.75) is 58.7 Å². The molecular weight excluding hydrogens is 362 g/mol. The molecule has 1 aliphatic heterocycles. The molecule has 1 fully saturated rings. The van der Waals surface area contributed by atoms with Crippen LogP contribution >= 0.6 is 0 Å². The SMILES string of the molecule is CC(C)c1cc([C@]2(C)CN(C=O)CCO2)cc(C(C)C)c1OCc1ccccc1. The number of morpholine rings is 1. The Hall–Kier alpha value is -2.33. The Morgan fingerprint density at radius 1 is 1.10 bits per heavy atom. The predicted molar refractivity (Wildman–Crippen MR) is 116 cm³/mol. The number of hydrogen-bond acceptors (Lipinski definition) is 3. The van der Waals surface area contributed by atoms with E-state index in [2.05, 4.69) is 58.9 Å². The molecule has 2 aromatic carbocycles. The highest BCUT2D eigenvalue weighted by atomic mass is 16.5. The Kier molecular flexibility index (Phi) is 6.63. The molecule has 0 saturated carbocycles. The summed E-state index contributed by atoms with van der Waals surface area (Å²) in [5, 5.41) is 0. The molecule has 0 aromatic heterocycles. The van der Waals surface area contributed by atoms with Crippen LogP contribution in [0.15, 0.2) is 42.5 Å². The average molecular weight is 396 g/mol. The van der Waals surface area contributed by atoms with Gasteiger partial charge in [-0.05, 0) is 53.1 Å². The third kappa shape index (κ3) is 4.81. The number of carbonyl (C=O) groups is 1. The lowest BCUT2D eigenvalue weighted by atomic mass is 9.85. The van der Waals surface area contributed by atoms with Crippen LogP contribution in [0, 0.1) is 0 Å². The summed E-state index contributed by atoms with van der Waals surface area (Å²) in [6, 6.07) is 14.7. The molecule has 156 valence electrons. The van der Waals surface area contributed by atoms with E-state index in [-0.39, 0.29) is 0 Å². The lowest BCUT2D eigenvalue weighted by molar-refractivity contribution is -0.137. The van der Waals surface area contributed by atoms with Crippen molar-refractivity contribution in [1.82, 2.24) is 4.90 Å². The summed E-state index contributed by atoms with van der Waals surface area (Å²) < 4.78 is 12.6. The van der Waals surface area contributed by atoms with Gasteiger partial charge in [0.2, 0.25) is 6.41 Å². The van der Waals surface area contributed by atoms with E-state index in [0.717, 1.165) is 23.3 Å². The zero-order valence-corrected chi connectivity index (χ0v) is 18.3. The molecule has 1 heterocycles. The molecule has 2 aromatic rings. The maximum absolute atomic E-state index is 11.4. The van der Waals surface area contributed by atoms with Gasteiger partial charge in [0, 0.05) is 6.54 Å². The van der Waals surface area contributed by atoms with Crippen molar-refractivity contribution in [2.24, 2.45) is 0 Å². The molecule has 0 N–H and O–H groups in total. The number of amides is 1. The van der Waals surface area contributed by atoms with Crippen LogP contribution in [0.3, 0.4) is 0 Å². The van der Waals surface area contributed by atoms with Gasteiger partial charge in [-0.15, -0.1) is 0 Å². The number of hydrogen-bond donors (Lipinski definition) is 0. The van der Waals surface area contributed by atoms with Crippen LogP contribution in [0.1, 0.15) is 68.7 Å². The number of benzene rings is 2. The molecule has 4 heteroatoms. The van der Waals surface area contributed by atoms with Gasteiger partial charge in [-0.1, -0.05) is 58.0 Å². The minimum atomic E-state index is -0.510. The summed E-state index contributed by atoms with van der Waals surface area (Å²) in [4.78, 5) is 13.2. The van der Waals surface area contributed by atoms with Crippen LogP contribution in [0.5, 0.6) is 5.75 Å². The highest BCUT2D eigenvalue weighted by Crippen LogP contribution is 2.40. The normalized spacial score (nSPS) is 19.6. The summed E-state index contributed by atoms with van der Waals surface area (Å²) in [6.07, 6.45) is 0.921. The molecule has 0 radical (unpaired) electrons. The van der Waals surface area contributed by atoms with E-state index < -0.39 is 5.60 Å². The standard InChI is InChI=1S/C25H33NO3/c1-18(2)22-13-21(25(5)16-26(17-27)11-12-29-25)14-23(19(3)4)24(22)28-15-20-9-7-6-8-10-20/h6-10,13-14,17-19H,11-12,15-16H2,1-5H3/t25-/m0/s1. The minimum absolute atomic E-state index is 0.313. The van der Waals surface area contributed by atoms with Crippen LogP contribution in [0.4, 0.5) is 0 Å². The third-order valence-electron chi connectivity index (χ3n) is 5.68. The van der Waals surface area contributed by atoms with Gasteiger partial charge >= 0.3 is 0 Å². The van der Waals surface area contributed by atoms with E-state index in [1.54, 1.807) is 4.90 Å². The number of nitrogens with zero attached hydrogens (tertiary/aromatic N) is 1. The fourth-order valence-corrected chi connectivity index (χ4v) is 3.90. The number of rotatable bonds is 7. The van der Waals surface area contributed by atoms with Gasteiger partial charge in [0.25, 0.3) is 0 Å². The van der Waals surface area contributed by atoms with E-state index in [4.69, 9.17) is 9.47 Å². The summed E-state index contributed by atoms with van der Waals surface area (Å²) in [6.45, 7) is 13.2. The molecule has 0 bridgehead atoms. The van der Waals surface area contributed by atoms with Crippen molar-refractivity contribution in [2.75, 3.05) is 19.7 Å². The molecular formula is C25H33NO3. The molecule has 1 amide bonds. The Labute approximate surface area is 174 Å². The third-order valence-corrected chi connectivity index (χ3v) is 5.68. The molecule has 1 aliphatic rings. The van der Waals surface area contributed by atoms with Gasteiger partial charge < -0.3 is 14.4 Å².